The van der Waals surface area contributed by atoms with Gasteiger partial charge < -0.3 is 4.74 Å². The highest BCUT2D eigenvalue weighted by Crippen LogP contribution is 2.25. The maximum atomic E-state index is 12.5. The number of benzene rings is 1. The van der Waals surface area contributed by atoms with E-state index in [2.05, 4.69) is 14.8 Å². The first-order valence-corrected chi connectivity index (χ1v) is 9.78. The molecule has 7 nitrogen and oxygen atoms in total. The van der Waals surface area contributed by atoms with Crippen molar-refractivity contribution in [3.63, 3.8) is 0 Å². The molecule has 1 aromatic carbocycles. The molecule has 146 valence electrons. The summed E-state index contributed by atoms with van der Waals surface area (Å²) in [5.41, 5.74) is 0.717. The van der Waals surface area contributed by atoms with Crippen LogP contribution in [0.5, 0.6) is 5.75 Å². The molecule has 1 aliphatic heterocycles. The number of nitrogens with zero attached hydrogens (tertiary/aromatic N) is 2. The Balaban J connectivity index is 1.79. The van der Waals surface area contributed by atoms with Gasteiger partial charge in [-0.1, -0.05) is 0 Å². The zero-order valence-electron chi connectivity index (χ0n) is 14.2. The lowest BCUT2D eigenvalue weighted by Gasteiger charge is -2.08. The monoisotopic (exact) mass is 403 g/mol. The number of aromatic nitrogens is 2. The van der Waals surface area contributed by atoms with E-state index in [1.54, 1.807) is 6.92 Å². The van der Waals surface area contributed by atoms with Crippen LogP contribution in [0, 0.1) is 6.92 Å². The lowest BCUT2D eigenvalue weighted by Crippen LogP contribution is -2.25. The number of halogens is 3. The third-order valence-corrected chi connectivity index (χ3v) is 5.88. The maximum absolute atomic E-state index is 12.5. The molecule has 2 aromatic rings. The first-order valence-electron chi connectivity index (χ1n) is 7.95. The van der Waals surface area contributed by atoms with Crippen molar-refractivity contribution >= 4 is 21.7 Å². The van der Waals surface area contributed by atoms with Crippen LogP contribution in [0.15, 0.2) is 34.1 Å². The summed E-state index contributed by atoms with van der Waals surface area (Å²) < 4.78 is 64.7. The fourth-order valence-electron chi connectivity index (χ4n) is 2.84. The first-order chi connectivity index (χ1) is 12.5. The van der Waals surface area contributed by atoms with Crippen molar-refractivity contribution in [3.05, 3.63) is 45.9 Å². The van der Waals surface area contributed by atoms with Crippen molar-refractivity contribution in [3.8, 4) is 5.75 Å². The third-order valence-electron chi connectivity index (χ3n) is 4.13. The minimum atomic E-state index is -4.77. The Morgan fingerprint density at radius 1 is 1.30 bits per heavy atom. The molecule has 0 amide bonds. The fraction of sp³-hybridized carbons (Fsp3) is 0.375. The predicted molar refractivity (Wildman–Crippen MR) is 92.5 cm³/mol. The summed E-state index contributed by atoms with van der Waals surface area (Å²) in [6.07, 6.45) is -3.11. The van der Waals surface area contributed by atoms with Gasteiger partial charge in [0.2, 0.25) is 0 Å². The van der Waals surface area contributed by atoms with Crippen LogP contribution in [0.3, 0.4) is 0 Å². The fourth-order valence-corrected chi connectivity index (χ4v) is 4.54. The summed E-state index contributed by atoms with van der Waals surface area (Å²) >= 11 is 0. The molecule has 27 heavy (non-hydrogen) atoms. The molecule has 1 N–H and O–H groups in total. The second-order valence-corrected chi connectivity index (χ2v) is 8.41. The predicted octanol–water partition coefficient (Wildman–Crippen LogP) is 2.49. The first kappa shape index (κ1) is 19.2. The number of sulfone groups is 1. The molecule has 1 fully saturated rings. The van der Waals surface area contributed by atoms with Crippen LogP contribution in [0.2, 0.25) is 0 Å². The molecule has 1 aliphatic rings. The van der Waals surface area contributed by atoms with Crippen LogP contribution in [-0.4, -0.2) is 42.3 Å². The average Bonchev–Trinajstić information content (AvgIpc) is 3.05. The molecule has 2 heterocycles. The number of aryl methyl sites for hydroxylation is 1. The van der Waals surface area contributed by atoms with Crippen LogP contribution >= 0.6 is 0 Å². The van der Waals surface area contributed by atoms with Gasteiger partial charge in [-0.3, -0.25) is 14.9 Å². The standard InChI is InChI=1S/C16H16F3N3O4S/c1-10-14(15(23)22(21-10)12-6-7-27(24,25)9-12)8-20-11-2-4-13(5-3-11)26-16(17,18)19/h2-5,8,12,21H,6-7,9H2,1H3. The van der Waals surface area contributed by atoms with E-state index in [1.165, 1.54) is 23.0 Å². The summed E-state index contributed by atoms with van der Waals surface area (Å²) in [5, 5.41) is 2.87. The zero-order chi connectivity index (χ0) is 19.8. The molecule has 1 aromatic heterocycles. The van der Waals surface area contributed by atoms with E-state index in [9.17, 15) is 26.4 Å². The molecule has 0 spiro atoms. The number of nitrogens with one attached hydrogen (secondary N) is 1. The van der Waals surface area contributed by atoms with E-state index in [1.807, 2.05) is 0 Å². The topological polar surface area (TPSA) is 93.5 Å². The molecule has 0 saturated carbocycles. The van der Waals surface area contributed by atoms with Crippen LogP contribution in [0.4, 0.5) is 18.9 Å². The van der Waals surface area contributed by atoms with Gasteiger partial charge in [0.25, 0.3) is 5.56 Å². The van der Waals surface area contributed by atoms with Gasteiger partial charge in [-0.15, -0.1) is 13.2 Å². The number of aliphatic imine (C=N–C) groups is 1. The van der Waals surface area contributed by atoms with Gasteiger partial charge in [-0.05, 0) is 37.6 Å². The van der Waals surface area contributed by atoms with E-state index in [4.69, 9.17) is 0 Å². The van der Waals surface area contributed by atoms with E-state index >= 15 is 0 Å². The van der Waals surface area contributed by atoms with E-state index in [0.717, 1.165) is 12.1 Å². The van der Waals surface area contributed by atoms with Gasteiger partial charge in [0.15, 0.2) is 9.84 Å². The SMILES string of the molecule is Cc1[nH]n(C2CCS(=O)(=O)C2)c(=O)c1C=Nc1ccc(OC(F)(F)F)cc1. The highest BCUT2D eigenvalue weighted by atomic mass is 32.2. The molecule has 11 heteroatoms. The minimum absolute atomic E-state index is 0.0396. The highest BCUT2D eigenvalue weighted by Gasteiger charge is 2.32. The Kier molecular flexibility index (Phi) is 4.89. The zero-order valence-corrected chi connectivity index (χ0v) is 15.0. The van der Waals surface area contributed by atoms with Gasteiger partial charge in [-0.2, -0.15) is 0 Å². The summed E-state index contributed by atoms with van der Waals surface area (Å²) in [7, 11) is -3.14. The number of rotatable bonds is 4. The van der Waals surface area contributed by atoms with Crippen molar-refractivity contribution < 1.29 is 26.3 Å². The quantitative estimate of drug-likeness (QED) is 0.794. The summed E-state index contributed by atoms with van der Waals surface area (Å²) in [5.74, 6) is -0.425. The number of aromatic amines is 1. The summed E-state index contributed by atoms with van der Waals surface area (Å²) in [6.45, 7) is 1.66. The Morgan fingerprint density at radius 3 is 2.52 bits per heavy atom. The molecule has 0 radical (unpaired) electrons. The van der Waals surface area contributed by atoms with Crippen LogP contribution < -0.4 is 10.3 Å². The Bertz CT molecular complexity index is 1020. The summed E-state index contributed by atoms with van der Waals surface area (Å²) in [4.78, 5) is 16.6. The van der Waals surface area contributed by atoms with Crippen LogP contribution in [0.25, 0.3) is 0 Å². The molecule has 1 atom stereocenters. The number of hydrogen-bond acceptors (Lipinski definition) is 5. The van der Waals surface area contributed by atoms with Crippen molar-refractivity contribution in [1.29, 1.82) is 0 Å². The van der Waals surface area contributed by atoms with Crippen molar-refractivity contribution in [1.82, 2.24) is 9.78 Å². The number of alkyl halides is 3. The minimum Gasteiger partial charge on any atom is -0.406 e. The van der Waals surface area contributed by atoms with Crippen molar-refractivity contribution in [2.45, 2.75) is 25.7 Å². The normalized spacial score (nSPS) is 19.6. The smallest absolute Gasteiger partial charge is 0.406 e. The lowest BCUT2D eigenvalue weighted by atomic mass is 10.2. The second-order valence-electron chi connectivity index (χ2n) is 6.18. The molecule has 0 aliphatic carbocycles. The third kappa shape index (κ3) is 4.59. The Morgan fingerprint density at radius 2 is 1.96 bits per heavy atom. The van der Waals surface area contributed by atoms with Crippen molar-refractivity contribution in [2.24, 2.45) is 4.99 Å². The van der Waals surface area contributed by atoms with E-state index in [0.29, 0.717) is 17.8 Å². The summed E-state index contributed by atoms with van der Waals surface area (Å²) in [6, 6.07) is 4.43. The van der Waals surface area contributed by atoms with Gasteiger partial charge >= 0.3 is 6.36 Å². The van der Waals surface area contributed by atoms with Crippen LogP contribution in [0.1, 0.15) is 23.7 Å². The van der Waals surface area contributed by atoms with Gasteiger partial charge in [0.05, 0.1) is 28.8 Å². The molecule has 3 rings (SSSR count). The van der Waals surface area contributed by atoms with E-state index < -0.39 is 27.8 Å². The Labute approximate surface area is 152 Å². The van der Waals surface area contributed by atoms with Gasteiger partial charge in [0.1, 0.15) is 5.75 Å². The van der Waals surface area contributed by atoms with Crippen molar-refractivity contribution in [2.75, 3.05) is 11.5 Å². The molecular formula is C16H16F3N3O4S. The molecule has 0 bridgehead atoms. The largest absolute Gasteiger partial charge is 0.573 e. The number of hydrogen-bond donors (Lipinski definition) is 1. The molecule has 1 saturated heterocycles. The molecular weight excluding hydrogens is 387 g/mol. The lowest BCUT2D eigenvalue weighted by molar-refractivity contribution is -0.274. The molecule has 1 unspecified atom stereocenters. The average molecular weight is 403 g/mol. The number of H-pyrrole nitrogens is 1. The van der Waals surface area contributed by atoms with Gasteiger partial charge in [0, 0.05) is 11.9 Å². The van der Waals surface area contributed by atoms with E-state index in [-0.39, 0.29) is 22.8 Å². The van der Waals surface area contributed by atoms with Gasteiger partial charge in [-0.25, -0.2) is 13.1 Å². The number of ether oxygens (including phenoxy) is 1. The van der Waals surface area contributed by atoms with Crippen LogP contribution in [-0.2, 0) is 9.84 Å². The Hall–Kier alpha value is -2.56. The highest BCUT2D eigenvalue weighted by molar-refractivity contribution is 7.91. The second kappa shape index (κ2) is 6.87. The maximum Gasteiger partial charge on any atom is 0.573 e.